The molecule has 0 aliphatic carbocycles. The van der Waals surface area contributed by atoms with Crippen LogP contribution in [0.5, 0.6) is 0 Å². The monoisotopic (exact) mass is 377 g/mol. The highest BCUT2D eigenvalue weighted by atomic mass is 35.5. The lowest BCUT2D eigenvalue weighted by Crippen LogP contribution is -2.23. The molecule has 5 nitrogen and oxygen atoms in total. The predicted octanol–water partition coefficient (Wildman–Crippen LogP) is 3.89. The number of nitrogens with two attached hydrogens (primary N) is 1. The van der Waals surface area contributed by atoms with Gasteiger partial charge in [-0.2, -0.15) is 0 Å². The summed E-state index contributed by atoms with van der Waals surface area (Å²) in [7, 11) is 0. The first-order chi connectivity index (χ1) is 13.1. The number of halogens is 1. The smallest absolute Gasteiger partial charge is 0.220 e. The minimum Gasteiger partial charge on any atom is -0.453 e. The average Bonchev–Trinajstić information content (AvgIpc) is 2.68. The first kappa shape index (κ1) is 16.3. The van der Waals surface area contributed by atoms with Gasteiger partial charge in [0, 0.05) is 12.1 Å². The molecule has 2 aromatic heterocycles. The number of nitrogens with zero attached hydrogens (tertiary/aromatic N) is 1. The van der Waals surface area contributed by atoms with Gasteiger partial charge in [0.2, 0.25) is 5.43 Å². The molecular weight excluding hydrogens is 362 g/mol. The molecule has 5 rings (SSSR count). The van der Waals surface area contributed by atoms with Gasteiger partial charge < -0.3 is 15.5 Å². The van der Waals surface area contributed by atoms with E-state index in [0.717, 1.165) is 30.6 Å². The number of hydrogen-bond donors (Lipinski definition) is 2. The van der Waals surface area contributed by atoms with Crippen molar-refractivity contribution in [3.05, 3.63) is 68.8 Å². The summed E-state index contributed by atoms with van der Waals surface area (Å²) >= 11 is 6.21. The van der Waals surface area contributed by atoms with Crippen LogP contribution < -0.4 is 16.5 Å². The molecule has 0 atom stereocenters. The Hall–Kier alpha value is -2.89. The minimum atomic E-state index is -0.271. The maximum atomic E-state index is 13.0. The number of nitrogen functional groups attached to an aromatic ring is 1. The third kappa shape index (κ3) is 2.59. The largest absolute Gasteiger partial charge is 0.453 e. The van der Waals surface area contributed by atoms with Gasteiger partial charge in [-0.15, -0.1) is 0 Å². The normalized spacial score (nSPS) is 13.8. The molecule has 3 heterocycles. The van der Waals surface area contributed by atoms with Gasteiger partial charge in [0.05, 0.1) is 10.4 Å². The van der Waals surface area contributed by atoms with Crippen molar-refractivity contribution in [3.63, 3.8) is 0 Å². The maximum Gasteiger partial charge on any atom is 0.220 e. The highest BCUT2D eigenvalue weighted by molar-refractivity contribution is 6.35. The van der Waals surface area contributed by atoms with E-state index >= 15 is 0 Å². The van der Waals surface area contributed by atoms with E-state index in [0.29, 0.717) is 21.6 Å². The van der Waals surface area contributed by atoms with Crippen LogP contribution in [0.2, 0.25) is 5.02 Å². The van der Waals surface area contributed by atoms with Crippen LogP contribution in [-0.2, 0) is 13.0 Å². The van der Waals surface area contributed by atoms with Crippen LogP contribution in [-0.4, -0.2) is 11.5 Å². The molecule has 0 unspecified atom stereocenters. The highest BCUT2D eigenvalue weighted by Gasteiger charge is 2.18. The number of benzene rings is 2. The molecule has 3 N–H and O–H groups in total. The van der Waals surface area contributed by atoms with E-state index in [2.05, 4.69) is 22.4 Å². The number of hydrogen-bond acceptors (Lipinski definition) is 5. The predicted molar refractivity (Wildman–Crippen MR) is 108 cm³/mol. The van der Waals surface area contributed by atoms with Crippen LogP contribution in [0.3, 0.4) is 0 Å². The number of fused-ring (bicyclic) bond motifs is 3. The van der Waals surface area contributed by atoms with Crippen LogP contribution in [0.25, 0.3) is 33.2 Å². The molecule has 4 aromatic rings. The zero-order valence-corrected chi connectivity index (χ0v) is 15.1. The zero-order valence-electron chi connectivity index (χ0n) is 14.4. The summed E-state index contributed by atoms with van der Waals surface area (Å²) in [5.41, 5.74) is 11.1. The minimum absolute atomic E-state index is 0.199. The van der Waals surface area contributed by atoms with Gasteiger partial charge in [0.25, 0.3) is 0 Å². The van der Waals surface area contributed by atoms with E-state index in [9.17, 15) is 4.79 Å². The summed E-state index contributed by atoms with van der Waals surface area (Å²) in [6.45, 7) is 1.82. The summed E-state index contributed by atoms with van der Waals surface area (Å²) in [5, 5.41) is 4.04. The van der Waals surface area contributed by atoms with Gasteiger partial charge in [-0.1, -0.05) is 35.9 Å². The summed E-state index contributed by atoms with van der Waals surface area (Å²) < 4.78 is 6.08. The quantitative estimate of drug-likeness (QED) is 0.492. The zero-order chi connectivity index (χ0) is 18.5. The van der Waals surface area contributed by atoms with Gasteiger partial charge in [-0.25, -0.2) is 4.98 Å². The summed E-state index contributed by atoms with van der Waals surface area (Å²) in [6, 6.07) is 13.2. The number of rotatable bonds is 1. The fourth-order valence-electron chi connectivity index (χ4n) is 3.71. The van der Waals surface area contributed by atoms with Gasteiger partial charge in [-0.05, 0) is 47.9 Å². The number of nitrogens with one attached hydrogen (secondary N) is 1. The molecule has 0 saturated carbocycles. The summed E-state index contributed by atoms with van der Waals surface area (Å²) in [6.07, 6.45) is 0.962. The lowest BCUT2D eigenvalue weighted by Gasteiger charge is -2.18. The molecule has 1 aliphatic heterocycles. The fraction of sp³-hybridized carbons (Fsp3) is 0.143. The average molecular weight is 378 g/mol. The van der Waals surface area contributed by atoms with Crippen LogP contribution >= 0.6 is 11.6 Å². The van der Waals surface area contributed by atoms with E-state index in [-0.39, 0.29) is 16.8 Å². The molecule has 2 aromatic carbocycles. The van der Waals surface area contributed by atoms with Gasteiger partial charge in [0.15, 0.2) is 11.1 Å². The van der Waals surface area contributed by atoms with Gasteiger partial charge in [0.1, 0.15) is 11.4 Å². The second-order valence-electron chi connectivity index (χ2n) is 6.73. The van der Waals surface area contributed by atoms with Crippen molar-refractivity contribution in [1.29, 1.82) is 0 Å². The van der Waals surface area contributed by atoms with E-state index in [1.165, 1.54) is 11.1 Å². The molecule has 1 aliphatic rings. The SMILES string of the molecule is Nc1cc(-c2ccc3c(c2)CCNC3)c2oc3cccc(Cl)c3c(=O)c2n1. The third-order valence-electron chi connectivity index (χ3n) is 5.03. The molecule has 0 saturated heterocycles. The Balaban J connectivity index is 1.85. The van der Waals surface area contributed by atoms with E-state index in [4.69, 9.17) is 21.8 Å². The van der Waals surface area contributed by atoms with Crippen molar-refractivity contribution in [2.45, 2.75) is 13.0 Å². The molecule has 134 valence electrons. The molecule has 0 radical (unpaired) electrons. The number of pyridine rings is 1. The van der Waals surface area contributed by atoms with E-state index in [1.807, 2.05) is 6.07 Å². The topological polar surface area (TPSA) is 81.1 Å². The Morgan fingerprint density at radius 1 is 1.15 bits per heavy atom. The van der Waals surface area contributed by atoms with Crippen molar-refractivity contribution in [2.24, 2.45) is 0 Å². The van der Waals surface area contributed by atoms with Gasteiger partial charge in [-0.3, -0.25) is 4.79 Å². The summed E-state index contributed by atoms with van der Waals surface area (Å²) in [4.78, 5) is 17.2. The molecule has 0 bridgehead atoms. The van der Waals surface area contributed by atoms with Gasteiger partial charge >= 0.3 is 0 Å². The van der Waals surface area contributed by atoms with Crippen molar-refractivity contribution >= 4 is 39.5 Å². The Bertz CT molecular complexity index is 1280. The standard InChI is InChI=1S/C21H16ClN3O2/c22-15-2-1-3-16-18(15)20(26)19-21(27-16)14(9-17(23)25-19)12-4-5-13-10-24-7-6-11(13)8-12/h1-5,8-9,24H,6-7,10H2,(H2,23,25). The fourth-order valence-corrected chi connectivity index (χ4v) is 3.96. The van der Waals surface area contributed by atoms with Crippen molar-refractivity contribution in [2.75, 3.05) is 12.3 Å². The number of anilines is 1. The van der Waals surface area contributed by atoms with Crippen LogP contribution in [0.15, 0.2) is 51.7 Å². The maximum absolute atomic E-state index is 13.0. The van der Waals surface area contributed by atoms with E-state index in [1.54, 1.807) is 24.3 Å². The molecule has 0 spiro atoms. The molecular formula is C21H16ClN3O2. The second kappa shape index (κ2) is 6.08. The molecule has 27 heavy (non-hydrogen) atoms. The number of aromatic nitrogens is 1. The van der Waals surface area contributed by atoms with Crippen LogP contribution in [0.4, 0.5) is 5.82 Å². The van der Waals surface area contributed by atoms with Crippen LogP contribution in [0.1, 0.15) is 11.1 Å². The van der Waals surface area contributed by atoms with Crippen molar-refractivity contribution in [3.8, 4) is 11.1 Å². The third-order valence-corrected chi connectivity index (χ3v) is 5.34. The molecule has 6 heteroatoms. The van der Waals surface area contributed by atoms with E-state index < -0.39 is 0 Å². The summed E-state index contributed by atoms with van der Waals surface area (Å²) in [5.74, 6) is 0.274. The Labute approximate surface area is 159 Å². The Morgan fingerprint density at radius 3 is 2.93 bits per heavy atom. The highest BCUT2D eigenvalue weighted by Crippen LogP contribution is 2.33. The Kier molecular flexibility index (Phi) is 3.67. The molecule has 0 fully saturated rings. The van der Waals surface area contributed by atoms with Crippen LogP contribution in [0, 0.1) is 0 Å². The van der Waals surface area contributed by atoms with Crippen molar-refractivity contribution < 1.29 is 4.42 Å². The first-order valence-corrected chi connectivity index (χ1v) is 9.14. The lowest BCUT2D eigenvalue weighted by atomic mass is 9.95. The van der Waals surface area contributed by atoms with Crippen molar-refractivity contribution in [1.82, 2.24) is 10.3 Å². The lowest BCUT2D eigenvalue weighted by molar-refractivity contribution is 0.644. The Morgan fingerprint density at radius 2 is 2.04 bits per heavy atom. The molecule has 0 amide bonds. The second-order valence-corrected chi connectivity index (χ2v) is 7.13. The first-order valence-electron chi connectivity index (χ1n) is 8.76.